The van der Waals surface area contributed by atoms with E-state index in [1.165, 1.54) is 0 Å². The number of pyridine rings is 1. The molecule has 0 radical (unpaired) electrons. The minimum absolute atomic E-state index is 0.585. The van der Waals surface area contributed by atoms with E-state index in [4.69, 9.17) is 14.2 Å². The van der Waals surface area contributed by atoms with Crippen molar-refractivity contribution in [2.75, 3.05) is 21.3 Å². The zero-order chi connectivity index (χ0) is 13.0. The summed E-state index contributed by atoms with van der Waals surface area (Å²) in [5.41, 5.74) is 1.78. The number of aromatic nitrogens is 1. The number of ether oxygens (including phenoxy) is 3. The zero-order valence-corrected chi connectivity index (χ0v) is 10.6. The Kier molecular flexibility index (Phi) is 3.67. The first-order chi connectivity index (χ1) is 8.78. The molecule has 1 aromatic carbocycles. The molecule has 1 aromatic heterocycles. The molecule has 0 saturated carbocycles. The first kappa shape index (κ1) is 12.2. The van der Waals surface area contributed by atoms with Gasteiger partial charge in [-0.1, -0.05) is 6.07 Å². The largest absolute Gasteiger partial charge is 0.493 e. The lowest BCUT2D eigenvalue weighted by Gasteiger charge is -2.09. The van der Waals surface area contributed by atoms with Crippen molar-refractivity contribution < 1.29 is 14.2 Å². The van der Waals surface area contributed by atoms with Crippen LogP contribution in [0.2, 0.25) is 0 Å². The summed E-state index contributed by atoms with van der Waals surface area (Å²) >= 11 is 0. The van der Waals surface area contributed by atoms with Gasteiger partial charge in [0.2, 0.25) is 5.88 Å². The maximum absolute atomic E-state index is 5.27. The molecule has 0 amide bonds. The van der Waals surface area contributed by atoms with Crippen LogP contribution < -0.4 is 14.2 Å². The van der Waals surface area contributed by atoms with Gasteiger partial charge in [0.25, 0.3) is 0 Å². The molecule has 0 fully saturated rings. The van der Waals surface area contributed by atoms with Gasteiger partial charge in [-0.25, -0.2) is 4.98 Å². The van der Waals surface area contributed by atoms with Gasteiger partial charge in [-0.3, -0.25) is 0 Å². The van der Waals surface area contributed by atoms with Gasteiger partial charge in [-0.15, -0.1) is 0 Å². The van der Waals surface area contributed by atoms with Crippen LogP contribution in [-0.4, -0.2) is 26.3 Å². The lowest BCUT2D eigenvalue weighted by molar-refractivity contribution is 0.355. The fraction of sp³-hybridized carbons (Fsp3) is 0.214. The van der Waals surface area contributed by atoms with Crippen molar-refractivity contribution >= 4 is 0 Å². The smallest absolute Gasteiger partial charge is 0.213 e. The maximum Gasteiger partial charge on any atom is 0.213 e. The molecule has 0 aliphatic heterocycles. The quantitative estimate of drug-likeness (QED) is 0.830. The Balaban J connectivity index is 2.43. The molecule has 0 aliphatic rings. The highest BCUT2D eigenvalue weighted by atomic mass is 16.5. The highest BCUT2D eigenvalue weighted by molar-refractivity contribution is 5.64. The Bertz CT molecular complexity index is 540. The summed E-state index contributed by atoms with van der Waals surface area (Å²) in [6, 6.07) is 11.3. The van der Waals surface area contributed by atoms with Gasteiger partial charge in [0, 0.05) is 11.6 Å². The summed E-state index contributed by atoms with van der Waals surface area (Å²) in [4.78, 5) is 4.37. The molecule has 94 valence electrons. The van der Waals surface area contributed by atoms with Crippen molar-refractivity contribution in [2.45, 2.75) is 0 Å². The summed E-state index contributed by atoms with van der Waals surface area (Å²) < 4.78 is 15.6. The molecule has 2 rings (SSSR count). The number of benzene rings is 1. The van der Waals surface area contributed by atoms with Crippen LogP contribution in [0.3, 0.4) is 0 Å². The highest BCUT2D eigenvalue weighted by Crippen LogP contribution is 2.31. The van der Waals surface area contributed by atoms with Crippen LogP contribution in [0.5, 0.6) is 17.4 Å². The molecule has 1 heterocycles. The van der Waals surface area contributed by atoms with E-state index in [2.05, 4.69) is 4.98 Å². The fourth-order valence-corrected chi connectivity index (χ4v) is 1.68. The molecule has 18 heavy (non-hydrogen) atoms. The fourth-order valence-electron chi connectivity index (χ4n) is 1.68. The van der Waals surface area contributed by atoms with E-state index in [-0.39, 0.29) is 0 Å². The van der Waals surface area contributed by atoms with E-state index in [1.807, 2.05) is 36.4 Å². The Morgan fingerprint density at radius 2 is 1.61 bits per heavy atom. The summed E-state index contributed by atoms with van der Waals surface area (Å²) in [6.45, 7) is 0. The molecule has 4 nitrogen and oxygen atoms in total. The van der Waals surface area contributed by atoms with Crippen LogP contribution >= 0.6 is 0 Å². The summed E-state index contributed by atoms with van der Waals surface area (Å²) in [6.07, 6.45) is 0. The van der Waals surface area contributed by atoms with Crippen molar-refractivity contribution in [3.05, 3.63) is 36.4 Å². The van der Waals surface area contributed by atoms with Gasteiger partial charge in [0.05, 0.1) is 27.0 Å². The van der Waals surface area contributed by atoms with Crippen LogP contribution in [0.15, 0.2) is 36.4 Å². The molecule has 0 N–H and O–H groups in total. The van der Waals surface area contributed by atoms with E-state index in [0.29, 0.717) is 17.4 Å². The average Bonchev–Trinajstić information content (AvgIpc) is 2.46. The van der Waals surface area contributed by atoms with Crippen molar-refractivity contribution in [3.63, 3.8) is 0 Å². The molecule has 0 atom stereocenters. The van der Waals surface area contributed by atoms with E-state index >= 15 is 0 Å². The third-order valence-corrected chi connectivity index (χ3v) is 2.61. The van der Waals surface area contributed by atoms with Crippen molar-refractivity contribution in [1.29, 1.82) is 0 Å². The second kappa shape index (κ2) is 5.40. The van der Waals surface area contributed by atoms with Crippen LogP contribution in [0.4, 0.5) is 0 Å². The molecule has 0 bridgehead atoms. The minimum atomic E-state index is 0.585. The molecular formula is C14H15NO3. The second-order valence-electron chi connectivity index (χ2n) is 3.63. The first-order valence-corrected chi connectivity index (χ1v) is 5.52. The van der Waals surface area contributed by atoms with E-state index in [1.54, 1.807) is 21.3 Å². The van der Waals surface area contributed by atoms with Gasteiger partial charge in [-0.05, 0) is 24.3 Å². The maximum atomic E-state index is 5.27. The number of methoxy groups -OCH3 is 3. The Hall–Kier alpha value is -2.23. The van der Waals surface area contributed by atoms with Crippen LogP contribution in [0, 0.1) is 0 Å². The predicted molar refractivity (Wildman–Crippen MR) is 69.3 cm³/mol. The lowest BCUT2D eigenvalue weighted by Crippen LogP contribution is -1.93. The van der Waals surface area contributed by atoms with E-state index in [0.717, 1.165) is 11.3 Å². The predicted octanol–water partition coefficient (Wildman–Crippen LogP) is 2.77. The highest BCUT2D eigenvalue weighted by Gasteiger charge is 2.07. The molecule has 0 saturated heterocycles. The van der Waals surface area contributed by atoms with Gasteiger partial charge in [0.15, 0.2) is 11.5 Å². The number of hydrogen-bond acceptors (Lipinski definition) is 4. The van der Waals surface area contributed by atoms with Crippen LogP contribution in [0.25, 0.3) is 11.3 Å². The van der Waals surface area contributed by atoms with Crippen LogP contribution in [0.1, 0.15) is 0 Å². The van der Waals surface area contributed by atoms with Crippen LogP contribution in [-0.2, 0) is 0 Å². The van der Waals surface area contributed by atoms with E-state index < -0.39 is 0 Å². The van der Waals surface area contributed by atoms with Gasteiger partial charge in [0.1, 0.15) is 0 Å². The monoisotopic (exact) mass is 245 g/mol. The van der Waals surface area contributed by atoms with Crippen molar-refractivity contribution in [3.8, 4) is 28.6 Å². The minimum Gasteiger partial charge on any atom is -0.493 e. The zero-order valence-electron chi connectivity index (χ0n) is 10.6. The SMILES string of the molecule is COc1cccc(-c2ccc(OC)c(OC)c2)n1. The normalized spacial score (nSPS) is 9.94. The molecule has 4 heteroatoms. The van der Waals surface area contributed by atoms with Gasteiger partial charge < -0.3 is 14.2 Å². The topological polar surface area (TPSA) is 40.6 Å². The second-order valence-corrected chi connectivity index (χ2v) is 3.63. The Morgan fingerprint density at radius 3 is 2.28 bits per heavy atom. The van der Waals surface area contributed by atoms with E-state index in [9.17, 15) is 0 Å². The molecular weight excluding hydrogens is 230 g/mol. The Morgan fingerprint density at radius 1 is 0.833 bits per heavy atom. The molecule has 0 spiro atoms. The van der Waals surface area contributed by atoms with Crippen molar-refractivity contribution in [2.24, 2.45) is 0 Å². The first-order valence-electron chi connectivity index (χ1n) is 5.52. The summed E-state index contributed by atoms with van der Waals surface area (Å²) in [5, 5.41) is 0. The molecule has 0 aliphatic carbocycles. The number of hydrogen-bond donors (Lipinski definition) is 0. The van der Waals surface area contributed by atoms with Crippen molar-refractivity contribution in [1.82, 2.24) is 4.98 Å². The van der Waals surface area contributed by atoms with Gasteiger partial charge in [-0.2, -0.15) is 0 Å². The standard InChI is InChI=1S/C14H15NO3/c1-16-12-8-7-10(9-13(12)17-2)11-5-4-6-14(15-11)18-3/h4-9H,1-3H3. The average molecular weight is 245 g/mol. The third-order valence-electron chi connectivity index (χ3n) is 2.61. The van der Waals surface area contributed by atoms with Gasteiger partial charge >= 0.3 is 0 Å². The summed E-state index contributed by atoms with van der Waals surface area (Å²) in [7, 11) is 4.82. The third kappa shape index (κ3) is 2.37. The summed E-state index contributed by atoms with van der Waals surface area (Å²) in [5.74, 6) is 1.96. The lowest BCUT2D eigenvalue weighted by atomic mass is 10.1. The number of nitrogens with zero attached hydrogens (tertiary/aromatic N) is 1. The molecule has 2 aromatic rings. The Labute approximate surface area is 106 Å². The molecule has 0 unspecified atom stereocenters. The number of rotatable bonds is 4.